The van der Waals surface area contributed by atoms with Gasteiger partial charge in [-0.15, -0.1) is 0 Å². The third-order valence-corrected chi connectivity index (χ3v) is 9.13. The van der Waals surface area contributed by atoms with Crippen LogP contribution < -0.4 is 10.2 Å². The zero-order chi connectivity index (χ0) is 29.3. The van der Waals surface area contributed by atoms with E-state index in [1.165, 1.54) is 0 Å². The summed E-state index contributed by atoms with van der Waals surface area (Å²) in [5, 5.41) is 10.4. The van der Waals surface area contributed by atoms with E-state index in [-0.39, 0.29) is 11.8 Å². The van der Waals surface area contributed by atoms with Gasteiger partial charge < -0.3 is 14.5 Å². The van der Waals surface area contributed by atoms with Gasteiger partial charge in [0.05, 0.1) is 16.8 Å². The molecule has 1 saturated carbocycles. The number of nitrogens with zero attached hydrogens (tertiary/aromatic N) is 3. The van der Waals surface area contributed by atoms with Crippen molar-refractivity contribution in [1.82, 2.24) is 20.3 Å². The Morgan fingerprint density at radius 2 is 1.95 bits per heavy atom. The monoisotopic (exact) mass is 566 g/mol. The van der Waals surface area contributed by atoms with Gasteiger partial charge in [-0.05, 0) is 69.6 Å². The Labute approximate surface area is 246 Å². The average Bonchev–Trinajstić information content (AvgIpc) is 3.52. The molecule has 4 atom stereocenters. The summed E-state index contributed by atoms with van der Waals surface area (Å²) in [6.45, 7) is 1.75. The van der Waals surface area contributed by atoms with Crippen LogP contribution in [0.5, 0.6) is 5.75 Å². The van der Waals surface area contributed by atoms with Gasteiger partial charge in [-0.2, -0.15) is 0 Å². The number of likely N-dealkylation sites (N-methyl/N-ethyl adjacent to an activating group) is 1. The number of ether oxygens (including phenoxy) is 1. The van der Waals surface area contributed by atoms with E-state index in [0.29, 0.717) is 38.6 Å². The van der Waals surface area contributed by atoms with Gasteiger partial charge in [0.25, 0.3) is 0 Å². The normalized spacial score (nSPS) is 24.8. The van der Waals surface area contributed by atoms with Crippen LogP contribution in [0.1, 0.15) is 42.0 Å². The van der Waals surface area contributed by atoms with Gasteiger partial charge >= 0.3 is 0 Å². The largest absolute Gasteiger partial charge is 0.489 e. The number of likely N-dealkylation sites (tertiary alicyclic amines) is 1. The third kappa shape index (κ3) is 5.56. The van der Waals surface area contributed by atoms with E-state index in [4.69, 9.17) is 9.72 Å². The van der Waals surface area contributed by atoms with Crippen molar-refractivity contribution in [3.05, 3.63) is 95.7 Å². The number of hydroxylamine groups is 1. The zero-order valence-electron chi connectivity index (χ0n) is 24.2. The van der Waals surface area contributed by atoms with Crippen molar-refractivity contribution in [2.24, 2.45) is 11.3 Å². The Bertz CT molecular complexity index is 1530. The molecule has 0 bridgehead atoms. The van der Waals surface area contributed by atoms with E-state index in [1.54, 1.807) is 5.48 Å². The van der Waals surface area contributed by atoms with Crippen LogP contribution in [0.15, 0.2) is 78.9 Å². The van der Waals surface area contributed by atoms with Crippen molar-refractivity contribution in [2.75, 3.05) is 27.2 Å². The summed E-state index contributed by atoms with van der Waals surface area (Å²) >= 11 is 0. The van der Waals surface area contributed by atoms with Crippen LogP contribution in [0.4, 0.5) is 0 Å². The van der Waals surface area contributed by atoms with Gasteiger partial charge in [0.1, 0.15) is 12.4 Å². The topological polar surface area (TPSA) is 95.0 Å². The number of pyridine rings is 1. The molecule has 2 aromatic carbocycles. The number of hydrogen-bond acceptors (Lipinski definition) is 6. The summed E-state index contributed by atoms with van der Waals surface area (Å²) in [4.78, 5) is 35.1. The van der Waals surface area contributed by atoms with Crippen molar-refractivity contribution in [2.45, 2.75) is 44.2 Å². The first-order chi connectivity index (χ1) is 20.4. The number of benzene rings is 2. The Hall–Kier alpha value is -4.01. The molecule has 1 aliphatic heterocycles. The lowest BCUT2D eigenvalue weighted by atomic mass is 9.92. The SMILES string of the molecule is CN(C)[C@H]1CCN(C(=O)[C@@]2(Cc3ccc(OCc4cc(C5C=CC=CC5)nc5ccccc45)cc3)C[C@@H]2C(=O)NO)C1. The highest BCUT2D eigenvalue weighted by molar-refractivity contribution is 5.96. The molecule has 1 unspecified atom stereocenters. The summed E-state index contributed by atoms with van der Waals surface area (Å²) < 4.78 is 6.25. The lowest BCUT2D eigenvalue weighted by molar-refractivity contribution is -0.140. The quantitative estimate of drug-likeness (QED) is 0.290. The zero-order valence-corrected chi connectivity index (χ0v) is 24.2. The fourth-order valence-electron chi connectivity index (χ4n) is 6.51. The van der Waals surface area contributed by atoms with E-state index in [2.05, 4.69) is 41.3 Å². The first kappa shape index (κ1) is 28.1. The Balaban J connectivity index is 1.16. The summed E-state index contributed by atoms with van der Waals surface area (Å²) in [5.74, 6) is -0.0372. The molecule has 8 nitrogen and oxygen atoms in total. The van der Waals surface area contributed by atoms with Gasteiger partial charge in [-0.1, -0.05) is 54.6 Å². The molecule has 3 aromatic rings. The van der Waals surface area contributed by atoms with Gasteiger partial charge in [-0.25, -0.2) is 5.48 Å². The van der Waals surface area contributed by atoms with Gasteiger partial charge in [0, 0.05) is 41.7 Å². The highest BCUT2D eigenvalue weighted by Gasteiger charge is 2.64. The predicted octanol–water partition coefficient (Wildman–Crippen LogP) is 4.63. The van der Waals surface area contributed by atoms with Crippen LogP contribution in [0.3, 0.4) is 0 Å². The highest BCUT2D eigenvalue weighted by atomic mass is 16.5. The number of allylic oxidation sites excluding steroid dienone is 4. The molecule has 6 rings (SSSR count). The van der Waals surface area contributed by atoms with E-state index in [9.17, 15) is 14.8 Å². The van der Waals surface area contributed by atoms with Gasteiger partial charge in [0.15, 0.2) is 0 Å². The number of carbonyl (C=O) groups is 2. The minimum absolute atomic E-state index is 0.00412. The molecule has 218 valence electrons. The Morgan fingerprint density at radius 1 is 1.14 bits per heavy atom. The maximum absolute atomic E-state index is 13.7. The second-order valence-corrected chi connectivity index (χ2v) is 12.0. The van der Waals surface area contributed by atoms with E-state index in [1.807, 2.05) is 61.5 Å². The molecule has 2 N–H and O–H groups in total. The number of para-hydroxylation sites is 1. The molecule has 2 amide bonds. The lowest BCUT2D eigenvalue weighted by Crippen LogP contribution is -2.41. The number of rotatable bonds is 9. The molecule has 8 heteroatoms. The average molecular weight is 567 g/mol. The summed E-state index contributed by atoms with van der Waals surface area (Å²) in [5.41, 5.74) is 4.99. The standard InChI is InChI=1S/C34H38N4O4/c1-37(2)26-16-17-38(21-26)33(40)34(20-29(34)32(39)36-41)19-23-12-14-27(15-13-23)42-22-25-18-31(24-8-4-3-5-9-24)35-30-11-7-6-10-28(25)30/h3-8,10-15,18,24,26,29,41H,9,16-17,19-22H2,1-2H3,(H,36,39)/t24?,26-,29+,34-/m0/s1. The van der Waals surface area contributed by atoms with Crippen LogP contribution in [0, 0.1) is 11.3 Å². The number of amides is 2. The van der Waals surface area contributed by atoms with Crippen molar-refractivity contribution in [1.29, 1.82) is 0 Å². The van der Waals surface area contributed by atoms with Crippen molar-refractivity contribution < 1.29 is 19.5 Å². The number of aromatic nitrogens is 1. The molecule has 42 heavy (non-hydrogen) atoms. The molecule has 1 saturated heterocycles. The van der Waals surface area contributed by atoms with Crippen LogP contribution in [-0.4, -0.2) is 65.0 Å². The number of nitrogens with one attached hydrogen (secondary N) is 1. The molecule has 0 spiro atoms. The molecule has 2 heterocycles. The van der Waals surface area contributed by atoms with Gasteiger partial charge in [0.2, 0.25) is 11.8 Å². The second kappa shape index (κ2) is 11.7. The number of carbonyl (C=O) groups excluding carboxylic acids is 2. The Morgan fingerprint density at radius 3 is 2.67 bits per heavy atom. The molecular weight excluding hydrogens is 528 g/mol. The Kier molecular flexibility index (Phi) is 7.84. The van der Waals surface area contributed by atoms with Crippen LogP contribution in [0.2, 0.25) is 0 Å². The second-order valence-electron chi connectivity index (χ2n) is 12.0. The molecule has 0 radical (unpaired) electrons. The molecular formula is C34H38N4O4. The molecule has 2 fully saturated rings. The summed E-state index contributed by atoms with van der Waals surface area (Å²) in [7, 11) is 4.05. The lowest BCUT2D eigenvalue weighted by Gasteiger charge is -2.25. The molecule has 2 aliphatic carbocycles. The predicted molar refractivity (Wildman–Crippen MR) is 161 cm³/mol. The number of fused-ring (bicyclic) bond motifs is 1. The maximum atomic E-state index is 13.7. The van der Waals surface area contributed by atoms with Crippen molar-refractivity contribution in [3.63, 3.8) is 0 Å². The smallest absolute Gasteiger partial charge is 0.247 e. The van der Waals surface area contributed by atoms with E-state index < -0.39 is 17.2 Å². The first-order valence-electron chi connectivity index (χ1n) is 14.7. The maximum Gasteiger partial charge on any atom is 0.247 e. The van der Waals surface area contributed by atoms with E-state index >= 15 is 0 Å². The van der Waals surface area contributed by atoms with Crippen LogP contribution in [-0.2, 0) is 22.6 Å². The fourth-order valence-corrected chi connectivity index (χ4v) is 6.51. The first-order valence-corrected chi connectivity index (χ1v) is 14.7. The van der Waals surface area contributed by atoms with Crippen molar-refractivity contribution >= 4 is 22.7 Å². The van der Waals surface area contributed by atoms with Crippen molar-refractivity contribution in [3.8, 4) is 5.75 Å². The van der Waals surface area contributed by atoms with Gasteiger partial charge in [-0.3, -0.25) is 19.8 Å². The highest BCUT2D eigenvalue weighted by Crippen LogP contribution is 2.56. The molecule has 3 aliphatic rings. The minimum Gasteiger partial charge on any atom is -0.489 e. The van der Waals surface area contributed by atoms with Crippen LogP contribution >= 0.6 is 0 Å². The fraction of sp³-hybridized carbons (Fsp3) is 0.382. The number of hydrogen-bond donors (Lipinski definition) is 2. The summed E-state index contributed by atoms with van der Waals surface area (Å²) in [6, 6.07) is 18.4. The minimum atomic E-state index is -0.828. The summed E-state index contributed by atoms with van der Waals surface area (Å²) in [6.07, 6.45) is 11.2. The third-order valence-electron chi connectivity index (χ3n) is 9.13. The van der Waals surface area contributed by atoms with E-state index in [0.717, 1.165) is 46.3 Å². The van der Waals surface area contributed by atoms with Crippen LogP contribution in [0.25, 0.3) is 10.9 Å². The molecule has 1 aromatic heterocycles.